The van der Waals surface area contributed by atoms with Gasteiger partial charge in [-0.25, -0.2) is 13.4 Å². The average Bonchev–Trinajstić information content (AvgIpc) is 2.56. The van der Waals surface area contributed by atoms with E-state index in [0.29, 0.717) is 37.9 Å². The van der Waals surface area contributed by atoms with E-state index in [0.717, 1.165) is 17.1 Å². The summed E-state index contributed by atoms with van der Waals surface area (Å²) >= 11 is 0. The van der Waals surface area contributed by atoms with Crippen molar-refractivity contribution in [2.45, 2.75) is 13.8 Å². The Morgan fingerprint density at radius 1 is 1.00 bits per heavy atom. The van der Waals surface area contributed by atoms with Crippen molar-refractivity contribution in [3.8, 4) is 11.6 Å². The van der Waals surface area contributed by atoms with E-state index in [1.54, 1.807) is 6.07 Å². The predicted molar refractivity (Wildman–Crippen MR) is 96.7 cm³/mol. The first-order chi connectivity index (χ1) is 11.8. The van der Waals surface area contributed by atoms with Gasteiger partial charge in [-0.3, -0.25) is 0 Å². The maximum atomic E-state index is 11.6. The van der Waals surface area contributed by atoms with E-state index in [2.05, 4.69) is 14.9 Å². The molecule has 0 spiro atoms. The van der Waals surface area contributed by atoms with Crippen molar-refractivity contribution in [2.75, 3.05) is 37.3 Å². The summed E-state index contributed by atoms with van der Waals surface area (Å²) in [6.45, 7) is 5.93. The van der Waals surface area contributed by atoms with Crippen LogP contribution in [0.15, 0.2) is 30.3 Å². The molecule has 0 unspecified atom stereocenters. The molecule has 0 aliphatic carbocycles. The van der Waals surface area contributed by atoms with Crippen LogP contribution in [0.2, 0.25) is 0 Å². The van der Waals surface area contributed by atoms with E-state index >= 15 is 0 Å². The van der Waals surface area contributed by atoms with Gasteiger partial charge in [0.05, 0.1) is 6.26 Å². The lowest BCUT2D eigenvalue weighted by molar-refractivity contribution is 0.386. The van der Waals surface area contributed by atoms with Gasteiger partial charge in [0.25, 0.3) is 0 Å². The van der Waals surface area contributed by atoms with E-state index in [1.165, 1.54) is 10.6 Å². The van der Waals surface area contributed by atoms with E-state index in [9.17, 15) is 8.42 Å². The second-order valence-corrected chi connectivity index (χ2v) is 8.16. The summed E-state index contributed by atoms with van der Waals surface area (Å²) in [6, 6.07) is 9.56. The molecule has 25 heavy (non-hydrogen) atoms. The Balaban J connectivity index is 1.75. The Morgan fingerprint density at radius 2 is 1.64 bits per heavy atom. The first-order valence-electron chi connectivity index (χ1n) is 8.11. The Hall–Kier alpha value is -2.19. The molecular weight excluding hydrogens is 340 g/mol. The normalized spacial score (nSPS) is 16.0. The van der Waals surface area contributed by atoms with Crippen LogP contribution in [-0.4, -0.2) is 55.1 Å². The minimum absolute atomic E-state index is 0.454. The van der Waals surface area contributed by atoms with Crippen LogP contribution in [0.1, 0.15) is 11.4 Å². The molecule has 134 valence electrons. The third-order valence-corrected chi connectivity index (χ3v) is 5.38. The topological polar surface area (TPSA) is 75.6 Å². The molecule has 2 aromatic rings. The molecule has 0 N–H and O–H groups in total. The van der Waals surface area contributed by atoms with E-state index < -0.39 is 10.0 Å². The molecule has 7 nitrogen and oxygen atoms in total. The molecule has 1 aliphatic heterocycles. The number of nitrogens with zero attached hydrogens (tertiary/aromatic N) is 4. The van der Waals surface area contributed by atoms with Crippen molar-refractivity contribution in [3.05, 3.63) is 41.7 Å². The number of anilines is 1. The van der Waals surface area contributed by atoms with Crippen molar-refractivity contribution in [1.82, 2.24) is 14.3 Å². The number of aromatic nitrogens is 2. The number of hydrogen-bond donors (Lipinski definition) is 0. The van der Waals surface area contributed by atoms with Crippen molar-refractivity contribution < 1.29 is 13.2 Å². The van der Waals surface area contributed by atoms with Crippen LogP contribution in [0.5, 0.6) is 11.6 Å². The maximum absolute atomic E-state index is 11.6. The Morgan fingerprint density at radius 3 is 2.24 bits per heavy atom. The zero-order valence-electron chi connectivity index (χ0n) is 14.6. The second kappa shape index (κ2) is 6.97. The maximum Gasteiger partial charge on any atom is 0.224 e. The van der Waals surface area contributed by atoms with Crippen molar-refractivity contribution in [1.29, 1.82) is 0 Å². The Labute approximate surface area is 148 Å². The van der Waals surface area contributed by atoms with Gasteiger partial charge >= 0.3 is 0 Å². The number of ether oxygens (including phenoxy) is 1. The molecule has 1 aromatic carbocycles. The van der Waals surface area contributed by atoms with Gasteiger partial charge in [0, 0.05) is 32.2 Å². The second-order valence-electron chi connectivity index (χ2n) is 6.18. The molecule has 2 heterocycles. The zero-order chi connectivity index (χ0) is 18.0. The van der Waals surface area contributed by atoms with Crippen LogP contribution < -0.4 is 9.64 Å². The summed E-state index contributed by atoms with van der Waals surface area (Å²) in [6.07, 6.45) is 1.24. The highest BCUT2D eigenvalue weighted by molar-refractivity contribution is 7.88. The molecule has 0 atom stereocenters. The monoisotopic (exact) mass is 362 g/mol. The van der Waals surface area contributed by atoms with E-state index in [-0.39, 0.29) is 0 Å². The zero-order valence-corrected chi connectivity index (χ0v) is 15.5. The third kappa shape index (κ3) is 4.46. The lowest BCUT2D eigenvalue weighted by atomic mass is 10.2. The summed E-state index contributed by atoms with van der Waals surface area (Å²) in [5.41, 5.74) is 1.16. The van der Waals surface area contributed by atoms with Crippen molar-refractivity contribution >= 4 is 15.8 Å². The van der Waals surface area contributed by atoms with Crippen LogP contribution in [0.3, 0.4) is 0 Å². The highest BCUT2D eigenvalue weighted by Crippen LogP contribution is 2.24. The third-order valence-electron chi connectivity index (χ3n) is 4.08. The summed E-state index contributed by atoms with van der Waals surface area (Å²) in [4.78, 5) is 10.9. The highest BCUT2D eigenvalue weighted by atomic mass is 32.2. The van der Waals surface area contributed by atoms with Crippen LogP contribution in [0.4, 0.5) is 5.82 Å². The fourth-order valence-electron chi connectivity index (χ4n) is 2.72. The predicted octanol–water partition coefficient (Wildman–Crippen LogP) is 1.97. The first kappa shape index (κ1) is 17.6. The summed E-state index contributed by atoms with van der Waals surface area (Å²) in [7, 11) is -3.14. The highest BCUT2D eigenvalue weighted by Gasteiger charge is 2.24. The molecule has 0 bridgehead atoms. The van der Waals surface area contributed by atoms with Gasteiger partial charge in [-0.05, 0) is 26.0 Å². The molecule has 0 amide bonds. The van der Waals surface area contributed by atoms with E-state index in [4.69, 9.17) is 4.74 Å². The molecule has 1 fully saturated rings. The number of aryl methyl sites for hydroxylation is 2. The molecule has 3 rings (SSSR count). The molecule has 1 saturated heterocycles. The number of benzene rings is 1. The number of sulfonamides is 1. The number of piperazine rings is 1. The SMILES string of the molecule is Cc1ccc(Oc2cc(N3CCN(S(C)(=O)=O)CC3)nc(C)n2)cc1. The van der Waals surface area contributed by atoms with Gasteiger partial charge in [-0.1, -0.05) is 17.7 Å². The van der Waals surface area contributed by atoms with Gasteiger partial charge in [0.15, 0.2) is 0 Å². The van der Waals surface area contributed by atoms with Crippen molar-refractivity contribution in [3.63, 3.8) is 0 Å². The first-order valence-corrected chi connectivity index (χ1v) is 9.96. The molecule has 0 radical (unpaired) electrons. The van der Waals surface area contributed by atoms with Gasteiger partial charge in [0.1, 0.15) is 17.4 Å². The summed E-state index contributed by atoms with van der Waals surface area (Å²) in [5, 5.41) is 0. The van der Waals surface area contributed by atoms with Gasteiger partial charge in [-0.15, -0.1) is 0 Å². The largest absolute Gasteiger partial charge is 0.439 e. The van der Waals surface area contributed by atoms with Crippen LogP contribution >= 0.6 is 0 Å². The molecule has 1 aliphatic rings. The minimum atomic E-state index is -3.14. The Bertz CT molecular complexity index is 845. The fraction of sp³-hybridized carbons (Fsp3) is 0.412. The van der Waals surface area contributed by atoms with Crippen LogP contribution in [-0.2, 0) is 10.0 Å². The van der Waals surface area contributed by atoms with Gasteiger partial charge in [0.2, 0.25) is 15.9 Å². The summed E-state index contributed by atoms with van der Waals surface area (Å²) < 4.78 is 30.6. The van der Waals surface area contributed by atoms with Crippen LogP contribution in [0, 0.1) is 13.8 Å². The quantitative estimate of drug-likeness (QED) is 0.828. The average molecular weight is 362 g/mol. The standard InChI is InChI=1S/C17H22N4O3S/c1-13-4-6-15(7-5-13)24-17-12-16(18-14(2)19-17)20-8-10-21(11-9-20)25(3,22)23/h4-7,12H,8-11H2,1-3H3. The molecule has 1 aromatic heterocycles. The fourth-order valence-corrected chi connectivity index (χ4v) is 3.54. The van der Waals surface area contributed by atoms with Gasteiger partial charge < -0.3 is 9.64 Å². The lowest BCUT2D eigenvalue weighted by Crippen LogP contribution is -2.48. The van der Waals surface area contributed by atoms with Gasteiger partial charge in [-0.2, -0.15) is 9.29 Å². The number of hydrogen-bond acceptors (Lipinski definition) is 6. The summed E-state index contributed by atoms with van der Waals surface area (Å²) in [5.74, 6) is 2.57. The molecule has 8 heteroatoms. The minimum Gasteiger partial charge on any atom is -0.439 e. The number of rotatable bonds is 4. The lowest BCUT2D eigenvalue weighted by Gasteiger charge is -2.34. The van der Waals surface area contributed by atoms with Crippen LogP contribution in [0.25, 0.3) is 0 Å². The Kier molecular flexibility index (Phi) is 4.91. The van der Waals surface area contributed by atoms with E-state index in [1.807, 2.05) is 38.1 Å². The molecule has 0 saturated carbocycles. The molecular formula is C17H22N4O3S. The smallest absolute Gasteiger partial charge is 0.224 e. The van der Waals surface area contributed by atoms with Crippen molar-refractivity contribution in [2.24, 2.45) is 0 Å².